The van der Waals surface area contributed by atoms with Gasteiger partial charge in [-0.15, -0.1) is 0 Å². The van der Waals surface area contributed by atoms with Crippen molar-refractivity contribution >= 4 is 11.9 Å². The molecule has 0 unspecified atom stereocenters. The number of phenols is 1. The van der Waals surface area contributed by atoms with Crippen molar-refractivity contribution < 1.29 is 9.85 Å². The summed E-state index contributed by atoms with van der Waals surface area (Å²) in [4.78, 5) is 0. The van der Waals surface area contributed by atoms with Crippen LogP contribution in [0.25, 0.3) is 0 Å². The lowest BCUT2D eigenvalue weighted by Gasteiger charge is -2.03. The molecule has 0 aliphatic carbocycles. The number of rotatable bonds is 2. The van der Waals surface area contributed by atoms with Crippen LogP contribution in [0.1, 0.15) is 5.56 Å². The van der Waals surface area contributed by atoms with Crippen molar-refractivity contribution in [2.45, 2.75) is 0 Å². The molecule has 2 rings (SSSR count). The van der Waals surface area contributed by atoms with Crippen LogP contribution < -0.4 is 0 Å². The van der Waals surface area contributed by atoms with Gasteiger partial charge in [-0.2, -0.15) is 4.74 Å². The van der Waals surface area contributed by atoms with Crippen molar-refractivity contribution in [3.05, 3.63) is 65.4 Å². The van der Waals surface area contributed by atoms with E-state index in [1.807, 2.05) is 6.07 Å². The third-order valence-electron chi connectivity index (χ3n) is 2.20. The first-order valence-electron chi connectivity index (χ1n) is 4.91. The lowest BCUT2D eigenvalue weighted by molar-refractivity contribution is -0.354. The highest BCUT2D eigenvalue weighted by Gasteiger charge is 2.03. The Morgan fingerprint density at radius 3 is 2.25 bits per heavy atom. The van der Waals surface area contributed by atoms with E-state index in [0.717, 1.165) is 4.74 Å². The van der Waals surface area contributed by atoms with Gasteiger partial charge in [0, 0.05) is 12.1 Å². The Bertz CT molecular complexity index is 506. The molecule has 2 aromatic carbocycles. The number of hydrogen-bond donors (Lipinski definition) is 1. The van der Waals surface area contributed by atoms with Crippen LogP contribution in [0.3, 0.4) is 0 Å². The molecule has 0 fully saturated rings. The predicted molar refractivity (Wildman–Crippen MR) is 63.0 cm³/mol. The average molecular weight is 213 g/mol. The Morgan fingerprint density at radius 2 is 1.56 bits per heavy atom. The predicted octanol–water partition coefficient (Wildman–Crippen LogP) is 2.65. The highest BCUT2D eigenvalue weighted by atomic mass is 16.5. The minimum Gasteiger partial charge on any atom is -0.618 e. The second kappa shape index (κ2) is 4.49. The van der Waals surface area contributed by atoms with Gasteiger partial charge in [-0.1, -0.05) is 30.3 Å². The smallest absolute Gasteiger partial charge is 0.216 e. The first-order valence-corrected chi connectivity index (χ1v) is 4.91. The van der Waals surface area contributed by atoms with Crippen LogP contribution in [0.4, 0.5) is 5.69 Å². The molecule has 1 N–H and O–H groups in total. The zero-order valence-corrected chi connectivity index (χ0v) is 8.58. The average Bonchev–Trinajstić information content (AvgIpc) is 2.33. The molecule has 3 heteroatoms. The number of para-hydroxylation sites is 2. The Morgan fingerprint density at radius 1 is 0.938 bits per heavy atom. The Kier molecular flexibility index (Phi) is 2.87. The standard InChI is InChI=1S/C13H11NO2/c15-13-9-5-4-6-11(13)10-14(16)12-7-2-1-3-8-12/h1-10,15H/b14-10-. The van der Waals surface area contributed by atoms with Crippen molar-refractivity contribution in [2.75, 3.05) is 0 Å². The molecule has 0 amide bonds. The van der Waals surface area contributed by atoms with Crippen LogP contribution in [0.5, 0.6) is 5.75 Å². The third-order valence-corrected chi connectivity index (χ3v) is 2.20. The van der Waals surface area contributed by atoms with Crippen LogP contribution in [0.2, 0.25) is 0 Å². The van der Waals surface area contributed by atoms with Gasteiger partial charge in [-0.05, 0) is 12.1 Å². The molecule has 2 aromatic rings. The van der Waals surface area contributed by atoms with Gasteiger partial charge in [0.15, 0.2) is 6.21 Å². The summed E-state index contributed by atoms with van der Waals surface area (Å²) in [6.45, 7) is 0. The van der Waals surface area contributed by atoms with E-state index in [4.69, 9.17) is 0 Å². The summed E-state index contributed by atoms with van der Waals surface area (Å²) in [6, 6.07) is 15.6. The van der Waals surface area contributed by atoms with E-state index in [2.05, 4.69) is 0 Å². The van der Waals surface area contributed by atoms with E-state index in [1.54, 1.807) is 48.5 Å². The quantitative estimate of drug-likeness (QED) is 0.361. The van der Waals surface area contributed by atoms with Crippen molar-refractivity contribution in [3.8, 4) is 5.75 Å². The summed E-state index contributed by atoms with van der Waals surface area (Å²) >= 11 is 0. The fourth-order valence-electron chi connectivity index (χ4n) is 1.37. The second-order valence-electron chi connectivity index (χ2n) is 3.35. The van der Waals surface area contributed by atoms with Crippen LogP contribution >= 0.6 is 0 Å². The number of hydrogen-bond acceptors (Lipinski definition) is 2. The summed E-state index contributed by atoms with van der Waals surface area (Å²) in [6.07, 6.45) is 1.35. The van der Waals surface area contributed by atoms with Gasteiger partial charge >= 0.3 is 0 Å². The van der Waals surface area contributed by atoms with Crippen LogP contribution in [0, 0.1) is 5.21 Å². The third kappa shape index (κ3) is 2.20. The van der Waals surface area contributed by atoms with E-state index in [1.165, 1.54) is 6.21 Å². The van der Waals surface area contributed by atoms with Gasteiger partial charge in [0.2, 0.25) is 5.69 Å². The summed E-state index contributed by atoms with van der Waals surface area (Å²) < 4.78 is 0.731. The summed E-state index contributed by atoms with van der Waals surface area (Å²) in [5, 5.41) is 21.2. The van der Waals surface area contributed by atoms with Gasteiger partial charge < -0.3 is 10.3 Å². The molecule has 0 radical (unpaired) electrons. The molecule has 0 spiro atoms. The lowest BCUT2D eigenvalue weighted by atomic mass is 10.2. The molecule has 0 bridgehead atoms. The van der Waals surface area contributed by atoms with Crippen molar-refractivity contribution in [1.29, 1.82) is 0 Å². The summed E-state index contributed by atoms with van der Waals surface area (Å²) in [5.74, 6) is 0.0966. The van der Waals surface area contributed by atoms with Crippen LogP contribution in [0.15, 0.2) is 54.6 Å². The first kappa shape index (κ1) is 10.2. The maximum absolute atomic E-state index is 11.7. The van der Waals surface area contributed by atoms with E-state index in [0.29, 0.717) is 11.3 Å². The zero-order valence-electron chi connectivity index (χ0n) is 8.58. The minimum atomic E-state index is 0.0966. The molecular weight excluding hydrogens is 202 g/mol. The number of nitrogens with zero attached hydrogens (tertiary/aromatic N) is 1. The molecule has 0 heterocycles. The number of benzene rings is 2. The minimum absolute atomic E-state index is 0.0966. The van der Waals surface area contributed by atoms with E-state index >= 15 is 0 Å². The molecule has 16 heavy (non-hydrogen) atoms. The molecule has 0 saturated heterocycles. The largest absolute Gasteiger partial charge is 0.618 e. The molecular formula is C13H11NO2. The monoisotopic (exact) mass is 213 g/mol. The van der Waals surface area contributed by atoms with Gasteiger partial charge in [0.25, 0.3) is 0 Å². The normalized spacial score (nSPS) is 11.4. The Hall–Kier alpha value is -2.29. The fraction of sp³-hybridized carbons (Fsp3) is 0. The van der Waals surface area contributed by atoms with Gasteiger partial charge in [0.05, 0.1) is 5.56 Å². The maximum Gasteiger partial charge on any atom is 0.216 e. The highest BCUT2D eigenvalue weighted by Crippen LogP contribution is 2.15. The molecule has 3 nitrogen and oxygen atoms in total. The highest BCUT2D eigenvalue weighted by molar-refractivity contribution is 5.80. The van der Waals surface area contributed by atoms with Crippen LogP contribution in [-0.4, -0.2) is 16.1 Å². The fourth-order valence-corrected chi connectivity index (χ4v) is 1.37. The zero-order chi connectivity index (χ0) is 11.4. The molecule has 0 aromatic heterocycles. The van der Waals surface area contributed by atoms with E-state index in [-0.39, 0.29) is 5.75 Å². The van der Waals surface area contributed by atoms with Gasteiger partial charge in [0.1, 0.15) is 5.75 Å². The summed E-state index contributed by atoms with van der Waals surface area (Å²) in [7, 11) is 0. The number of aromatic hydroxyl groups is 1. The van der Waals surface area contributed by atoms with Crippen molar-refractivity contribution in [1.82, 2.24) is 0 Å². The first-order chi connectivity index (χ1) is 7.77. The second-order valence-corrected chi connectivity index (χ2v) is 3.35. The molecule has 0 atom stereocenters. The number of phenolic OH excluding ortho intramolecular Hbond substituents is 1. The van der Waals surface area contributed by atoms with Crippen molar-refractivity contribution in [3.63, 3.8) is 0 Å². The van der Waals surface area contributed by atoms with Crippen molar-refractivity contribution in [2.24, 2.45) is 0 Å². The van der Waals surface area contributed by atoms with E-state index in [9.17, 15) is 10.3 Å². The topological polar surface area (TPSA) is 46.3 Å². The molecule has 80 valence electrons. The molecule has 0 saturated carbocycles. The lowest BCUT2D eigenvalue weighted by Crippen LogP contribution is -1.98. The van der Waals surface area contributed by atoms with Crippen LogP contribution in [-0.2, 0) is 0 Å². The summed E-state index contributed by atoms with van der Waals surface area (Å²) in [5.41, 5.74) is 1.03. The SMILES string of the molecule is [O-]/[N+](=C\c1ccccc1O)c1ccccc1. The van der Waals surface area contributed by atoms with Gasteiger partial charge in [-0.25, -0.2) is 0 Å². The Balaban J connectivity index is 2.36. The molecule has 0 aliphatic heterocycles. The molecule has 0 aliphatic rings. The maximum atomic E-state index is 11.7. The van der Waals surface area contributed by atoms with E-state index < -0.39 is 0 Å². The Labute approximate surface area is 93.5 Å². The van der Waals surface area contributed by atoms with Gasteiger partial charge in [-0.3, -0.25) is 0 Å².